The van der Waals surface area contributed by atoms with Crippen LogP contribution >= 0.6 is 23.2 Å². The SMILES string of the molecule is CC1CCCC(C)N1Cc1c(Cl)cccc1Cl. The molecule has 0 radical (unpaired) electrons. The minimum atomic E-state index is 0.617. The van der Waals surface area contributed by atoms with E-state index in [-0.39, 0.29) is 0 Å². The Morgan fingerprint density at radius 3 is 2.18 bits per heavy atom. The Hall–Kier alpha value is -0.240. The number of likely N-dealkylation sites (tertiary alicyclic amines) is 1. The molecule has 94 valence electrons. The van der Waals surface area contributed by atoms with Crippen LogP contribution in [0.1, 0.15) is 38.7 Å². The highest BCUT2D eigenvalue weighted by Crippen LogP contribution is 2.30. The van der Waals surface area contributed by atoms with Crippen molar-refractivity contribution < 1.29 is 0 Å². The first-order valence-corrected chi connectivity index (χ1v) is 7.04. The van der Waals surface area contributed by atoms with E-state index in [2.05, 4.69) is 18.7 Å². The predicted octanol–water partition coefficient (Wildman–Crippen LogP) is 4.76. The van der Waals surface area contributed by atoms with Crippen molar-refractivity contribution in [3.05, 3.63) is 33.8 Å². The molecule has 1 nitrogen and oxygen atoms in total. The minimum absolute atomic E-state index is 0.617. The molecule has 2 rings (SSSR count). The molecule has 3 heteroatoms. The molecule has 0 amide bonds. The van der Waals surface area contributed by atoms with E-state index >= 15 is 0 Å². The highest BCUT2D eigenvalue weighted by atomic mass is 35.5. The van der Waals surface area contributed by atoms with Crippen molar-refractivity contribution in [1.82, 2.24) is 4.90 Å². The first kappa shape index (κ1) is 13.2. The summed E-state index contributed by atoms with van der Waals surface area (Å²) in [6.45, 7) is 5.45. The largest absolute Gasteiger partial charge is 0.294 e. The van der Waals surface area contributed by atoms with Gasteiger partial charge in [-0.3, -0.25) is 4.90 Å². The van der Waals surface area contributed by atoms with Crippen molar-refractivity contribution >= 4 is 23.2 Å². The van der Waals surface area contributed by atoms with Gasteiger partial charge in [-0.05, 0) is 38.8 Å². The maximum atomic E-state index is 6.23. The number of halogens is 2. The third-order valence-electron chi connectivity index (χ3n) is 3.78. The molecule has 1 aliphatic heterocycles. The number of hydrogen-bond donors (Lipinski definition) is 0. The minimum Gasteiger partial charge on any atom is -0.294 e. The number of benzene rings is 1. The van der Waals surface area contributed by atoms with Crippen LogP contribution in [-0.2, 0) is 6.54 Å². The lowest BCUT2D eigenvalue weighted by Crippen LogP contribution is -2.43. The molecule has 17 heavy (non-hydrogen) atoms. The van der Waals surface area contributed by atoms with Crippen LogP contribution in [0.2, 0.25) is 10.0 Å². The van der Waals surface area contributed by atoms with Gasteiger partial charge in [0.2, 0.25) is 0 Å². The zero-order valence-electron chi connectivity index (χ0n) is 10.4. The van der Waals surface area contributed by atoms with E-state index in [4.69, 9.17) is 23.2 Å². The lowest BCUT2D eigenvalue weighted by atomic mass is 9.97. The number of rotatable bonds is 2. The van der Waals surface area contributed by atoms with Crippen molar-refractivity contribution in [3.8, 4) is 0 Å². The quantitative estimate of drug-likeness (QED) is 0.750. The first-order valence-electron chi connectivity index (χ1n) is 6.28. The Morgan fingerprint density at radius 2 is 1.65 bits per heavy atom. The molecule has 2 atom stereocenters. The predicted molar refractivity (Wildman–Crippen MR) is 74.8 cm³/mol. The van der Waals surface area contributed by atoms with Gasteiger partial charge in [-0.15, -0.1) is 0 Å². The molecule has 0 aliphatic carbocycles. The van der Waals surface area contributed by atoms with Crippen molar-refractivity contribution in [2.24, 2.45) is 0 Å². The Labute approximate surface area is 114 Å². The second-order valence-electron chi connectivity index (χ2n) is 5.00. The lowest BCUT2D eigenvalue weighted by molar-refractivity contribution is 0.0953. The Balaban J connectivity index is 2.19. The van der Waals surface area contributed by atoms with E-state index in [1.165, 1.54) is 19.3 Å². The first-order chi connectivity index (χ1) is 8.09. The van der Waals surface area contributed by atoms with Gasteiger partial charge in [0, 0.05) is 34.2 Å². The molecule has 0 N–H and O–H groups in total. The summed E-state index contributed by atoms with van der Waals surface area (Å²) in [7, 11) is 0. The topological polar surface area (TPSA) is 3.24 Å². The van der Waals surface area contributed by atoms with Gasteiger partial charge in [0.05, 0.1) is 0 Å². The van der Waals surface area contributed by atoms with Crippen LogP contribution in [-0.4, -0.2) is 17.0 Å². The third kappa shape index (κ3) is 2.96. The molecule has 1 fully saturated rings. The fourth-order valence-corrected chi connectivity index (χ4v) is 3.17. The molecule has 1 aromatic rings. The summed E-state index contributed by atoms with van der Waals surface area (Å²) in [5.41, 5.74) is 1.07. The number of piperidine rings is 1. The summed E-state index contributed by atoms with van der Waals surface area (Å²) in [4.78, 5) is 2.51. The van der Waals surface area contributed by atoms with Gasteiger partial charge in [0.15, 0.2) is 0 Å². The molecule has 1 saturated heterocycles. The van der Waals surface area contributed by atoms with E-state index in [0.29, 0.717) is 12.1 Å². The second-order valence-corrected chi connectivity index (χ2v) is 5.82. The zero-order valence-corrected chi connectivity index (χ0v) is 11.9. The number of hydrogen-bond acceptors (Lipinski definition) is 1. The highest BCUT2D eigenvalue weighted by Gasteiger charge is 2.25. The van der Waals surface area contributed by atoms with Crippen LogP contribution in [0.4, 0.5) is 0 Å². The van der Waals surface area contributed by atoms with Gasteiger partial charge in [-0.1, -0.05) is 35.7 Å². The van der Waals surface area contributed by atoms with Crippen LogP contribution in [0.3, 0.4) is 0 Å². The van der Waals surface area contributed by atoms with E-state index in [1.54, 1.807) is 0 Å². The van der Waals surface area contributed by atoms with Crippen LogP contribution in [0.15, 0.2) is 18.2 Å². The molecular formula is C14H19Cl2N. The van der Waals surface area contributed by atoms with Crippen LogP contribution in [0.25, 0.3) is 0 Å². The van der Waals surface area contributed by atoms with Gasteiger partial charge in [-0.2, -0.15) is 0 Å². The molecule has 0 spiro atoms. The van der Waals surface area contributed by atoms with Gasteiger partial charge in [0.1, 0.15) is 0 Å². The maximum Gasteiger partial charge on any atom is 0.0465 e. The van der Waals surface area contributed by atoms with Gasteiger partial charge >= 0.3 is 0 Å². The Kier molecular flexibility index (Phi) is 4.35. The molecule has 0 bridgehead atoms. The van der Waals surface area contributed by atoms with Crippen LogP contribution < -0.4 is 0 Å². The van der Waals surface area contributed by atoms with Crippen molar-refractivity contribution in [3.63, 3.8) is 0 Å². The van der Waals surface area contributed by atoms with Crippen molar-refractivity contribution in [2.75, 3.05) is 0 Å². The Morgan fingerprint density at radius 1 is 1.12 bits per heavy atom. The standard InChI is InChI=1S/C14H19Cl2N/c1-10-5-3-6-11(2)17(10)9-12-13(15)7-4-8-14(12)16/h4,7-8,10-11H,3,5-6,9H2,1-2H3. The molecule has 2 unspecified atom stereocenters. The molecule has 1 aliphatic rings. The summed E-state index contributed by atoms with van der Waals surface area (Å²) in [5, 5.41) is 1.56. The average molecular weight is 272 g/mol. The van der Waals surface area contributed by atoms with E-state index in [9.17, 15) is 0 Å². The molecule has 1 heterocycles. The summed E-state index contributed by atoms with van der Waals surface area (Å²) in [6.07, 6.45) is 3.87. The molecular weight excluding hydrogens is 253 g/mol. The van der Waals surface area contributed by atoms with Crippen molar-refractivity contribution in [2.45, 2.75) is 51.7 Å². The zero-order chi connectivity index (χ0) is 12.4. The van der Waals surface area contributed by atoms with E-state index in [0.717, 1.165) is 22.2 Å². The van der Waals surface area contributed by atoms with E-state index in [1.807, 2.05) is 18.2 Å². The Bertz CT molecular complexity index is 362. The smallest absolute Gasteiger partial charge is 0.0465 e. The summed E-state index contributed by atoms with van der Waals surface area (Å²) in [6, 6.07) is 6.97. The average Bonchev–Trinajstić information content (AvgIpc) is 2.27. The van der Waals surface area contributed by atoms with Gasteiger partial charge in [-0.25, -0.2) is 0 Å². The van der Waals surface area contributed by atoms with Crippen LogP contribution in [0, 0.1) is 0 Å². The lowest BCUT2D eigenvalue weighted by Gasteiger charge is -2.39. The summed E-state index contributed by atoms with van der Waals surface area (Å²) >= 11 is 12.5. The van der Waals surface area contributed by atoms with Gasteiger partial charge < -0.3 is 0 Å². The summed E-state index contributed by atoms with van der Waals surface area (Å²) in [5.74, 6) is 0. The molecule has 0 saturated carbocycles. The van der Waals surface area contributed by atoms with Gasteiger partial charge in [0.25, 0.3) is 0 Å². The highest BCUT2D eigenvalue weighted by molar-refractivity contribution is 6.35. The molecule has 1 aromatic carbocycles. The third-order valence-corrected chi connectivity index (χ3v) is 4.49. The second kappa shape index (κ2) is 5.60. The van der Waals surface area contributed by atoms with Crippen molar-refractivity contribution in [1.29, 1.82) is 0 Å². The summed E-state index contributed by atoms with van der Waals surface area (Å²) < 4.78 is 0. The van der Waals surface area contributed by atoms with Crippen LogP contribution in [0.5, 0.6) is 0 Å². The van der Waals surface area contributed by atoms with E-state index < -0.39 is 0 Å². The maximum absolute atomic E-state index is 6.23. The number of nitrogens with zero attached hydrogens (tertiary/aromatic N) is 1. The fraction of sp³-hybridized carbons (Fsp3) is 0.571. The molecule has 0 aromatic heterocycles. The monoisotopic (exact) mass is 271 g/mol. The normalized spacial score (nSPS) is 26.1. The fourth-order valence-electron chi connectivity index (χ4n) is 2.65.